The highest BCUT2D eigenvalue weighted by molar-refractivity contribution is 7.81. The van der Waals surface area contributed by atoms with E-state index in [0.717, 1.165) is 66.4 Å². The van der Waals surface area contributed by atoms with Gasteiger partial charge in [0.2, 0.25) is 0 Å². The molecule has 2 rings (SSSR count). The summed E-state index contributed by atoms with van der Waals surface area (Å²) in [5.74, 6) is 1.78. The maximum atomic E-state index is 6.26. The summed E-state index contributed by atoms with van der Waals surface area (Å²) >= 11 is 5.77. The summed E-state index contributed by atoms with van der Waals surface area (Å²) in [6, 6.07) is 15.0. The number of thiocarbonyl (C=S) groups is 1. The van der Waals surface area contributed by atoms with Gasteiger partial charge in [-0.3, -0.25) is 0 Å². The Morgan fingerprint density at radius 1 is 0.511 bits per heavy atom. The molecule has 0 fully saturated rings. The van der Waals surface area contributed by atoms with Crippen molar-refractivity contribution in [3.05, 3.63) is 65.2 Å². The minimum atomic E-state index is 0.755. The maximum absolute atomic E-state index is 6.26. The van der Waals surface area contributed by atoms with Gasteiger partial charge in [-0.25, -0.2) is 0 Å². The molecule has 0 aliphatic heterocycles. The Balaban J connectivity index is 1.80. The summed E-state index contributed by atoms with van der Waals surface area (Å²) in [7, 11) is 0. The predicted molar refractivity (Wildman–Crippen MR) is 212 cm³/mol. The quantitative estimate of drug-likeness (QED) is 0.0346. The van der Waals surface area contributed by atoms with Gasteiger partial charge in [-0.15, -0.1) is 0 Å². The maximum Gasteiger partial charge on any atom is 0.123 e. The second-order valence-corrected chi connectivity index (χ2v) is 14.1. The Bertz CT molecular complexity index is 1010. The van der Waals surface area contributed by atoms with E-state index < -0.39 is 0 Å². The molecule has 0 aromatic heterocycles. The van der Waals surface area contributed by atoms with Crippen LogP contribution in [0.2, 0.25) is 0 Å². The summed E-state index contributed by atoms with van der Waals surface area (Å²) < 4.78 is 12.5. The summed E-state index contributed by atoms with van der Waals surface area (Å²) in [5, 5.41) is 0. The fraction of sp³-hybridized carbons (Fsp3) is 0.659. The molecule has 0 heterocycles. The first-order chi connectivity index (χ1) is 23.2. The molecule has 0 radical (unpaired) electrons. The number of hydrogen-bond donors (Lipinski definition) is 0. The molecule has 0 amide bonds. The average Bonchev–Trinajstić information content (AvgIpc) is 3.08. The molecule has 0 aliphatic rings. The van der Waals surface area contributed by atoms with Crippen LogP contribution in [0.15, 0.2) is 48.5 Å². The van der Waals surface area contributed by atoms with Crippen molar-refractivity contribution in [2.24, 2.45) is 0 Å². The van der Waals surface area contributed by atoms with Gasteiger partial charge in [0.1, 0.15) is 11.5 Å². The normalized spacial score (nSPS) is 11.4. The lowest BCUT2D eigenvalue weighted by molar-refractivity contribution is 0.289. The average molecular weight is 663 g/mol. The van der Waals surface area contributed by atoms with E-state index in [2.05, 4.69) is 69.3 Å². The van der Waals surface area contributed by atoms with Gasteiger partial charge in [-0.1, -0.05) is 198 Å². The van der Waals surface area contributed by atoms with E-state index in [9.17, 15) is 0 Å². The van der Waals surface area contributed by atoms with Gasteiger partial charge in [-0.05, 0) is 54.2 Å². The number of unbranched alkanes of at least 4 members (excludes halogenated alkanes) is 20. The van der Waals surface area contributed by atoms with Crippen LogP contribution in [0.1, 0.15) is 185 Å². The second-order valence-electron chi connectivity index (χ2n) is 13.7. The van der Waals surface area contributed by atoms with E-state index in [0.29, 0.717) is 0 Å². The van der Waals surface area contributed by atoms with Crippen molar-refractivity contribution >= 4 is 23.2 Å². The monoisotopic (exact) mass is 663 g/mol. The molecule has 0 unspecified atom stereocenters. The zero-order chi connectivity index (χ0) is 33.6. The van der Waals surface area contributed by atoms with Crippen LogP contribution in [0.25, 0.3) is 6.08 Å². The van der Waals surface area contributed by atoms with Crippen molar-refractivity contribution in [2.45, 2.75) is 175 Å². The van der Waals surface area contributed by atoms with Crippen LogP contribution >= 0.6 is 12.2 Å². The summed E-state index contributed by atoms with van der Waals surface area (Å²) in [5.41, 5.74) is 3.53. The molecular formula is C44H70O2S. The molecule has 0 saturated heterocycles. The third kappa shape index (κ3) is 21.5. The smallest absolute Gasteiger partial charge is 0.123 e. The van der Waals surface area contributed by atoms with Crippen molar-refractivity contribution in [3.63, 3.8) is 0 Å². The Morgan fingerprint density at radius 2 is 0.915 bits per heavy atom. The fourth-order valence-electron chi connectivity index (χ4n) is 6.16. The highest BCUT2D eigenvalue weighted by atomic mass is 32.1. The van der Waals surface area contributed by atoms with Gasteiger partial charge >= 0.3 is 0 Å². The van der Waals surface area contributed by atoms with Crippen molar-refractivity contribution in [1.29, 1.82) is 0 Å². The summed E-state index contributed by atoms with van der Waals surface area (Å²) in [6.07, 6.45) is 35.9. The van der Waals surface area contributed by atoms with E-state index in [1.807, 2.05) is 6.08 Å². The Morgan fingerprint density at radius 3 is 1.32 bits per heavy atom. The lowest BCUT2D eigenvalue weighted by Gasteiger charge is -2.12. The molecule has 2 aromatic carbocycles. The number of ether oxygens (including phenoxy) is 2. The lowest BCUT2D eigenvalue weighted by Crippen LogP contribution is -2.01. The number of allylic oxidation sites excluding steroid dienone is 1. The van der Waals surface area contributed by atoms with Crippen LogP contribution in [0.3, 0.4) is 0 Å². The molecule has 47 heavy (non-hydrogen) atoms. The summed E-state index contributed by atoms with van der Waals surface area (Å²) in [4.78, 5) is 0.851. The Labute approximate surface area is 296 Å². The molecule has 0 saturated carbocycles. The van der Waals surface area contributed by atoms with E-state index in [1.54, 1.807) is 0 Å². The number of rotatable bonds is 31. The van der Waals surface area contributed by atoms with Crippen LogP contribution < -0.4 is 9.47 Å². The third-order valence-electron chi connectivity index (χ3n) is 9.14. The summed E-state index contributed by atoms with van der Waals surface area (Å²) in [6.45, 7) is 8.30. The zero-order valence-corrected chi connectivity index (χ0v) is 31.6. The second kappa shape index (κ2) is 28.8. The Kier molecular flexibility index (Phi) is 25.2. The van der Waals surface area contributed by atoms with E-state index in [4.69, 9.17) is 21.7 Å². The van der Waals surface area contributed by atoms with Crippen molar-refractivity contribution in [1.82, 2.24) is 0 Å². The van der Waals surface area contributed by atoms with Crippen molar-refractivity contribution in [3.8, 4) is 11.5 Å². The predicted octanol–water partition coefficient (Wildman–Crippen LogP) is 14.5. The first-order valence-corrected chi connectivity index (χ1v) is 20.3. The van der Waals surface area contributed by atoms with E-state index >= 15 is 0 Å². The molecule has 0 N–H and O–H groups in total. The standard InChI is InChI=1S/C44H70O2S/c1-4-7-9-11-13-15-17-19-21-23-25-34-45-42-36-40(30-33-44(47)41-31-28-39(27-6-3)29-32-41)37-43(38-42)46-35-26-24-22-20-18-16-14-12-10-8-5-2/h28-33,36-38H,4-27,34-35H2,1-3H3. The minimum absolute atomic E-state index is 0.755. The molecule has 0 atom stereocenters. The molecule has 2 nitrogen and oxygen atoms in total. The first kappa shape index (κ1) is 41.0. The van der Waals surface area contributed by atoms with Gasteiger partial charge in [0, 0.05) is 10.9 Å². The van der Waals surface area contributed by atoms with Gasteiger partial charge < -0.3 is 9.47 Å². The van der Waals surface area contributed by atoms with Gasteiger partial charge in [0.05, 0.1) is 13.2 Å². The first-order valence-electron chi connectivity index (χ1n) is 19.9. The SMILES string of the molecule is CCCCCCCCCCCCCOc1cc(C=CC(=S)c2ccc(CCC)cc2)cc(OCCCCCCCCCCCCC)c1. The van der Waals surface area contributed by atoms with Crippen molar-refractivity contribution in [2.75, 3.05) is 13.2 Å². The number of benzene rings is 2. The molecule has 0 spiro atoms. The van der Waals surface area contributed by atoms with Crippen LogP contribution in [0.4, 0.5) is 0 Å². The van der Waals surface area contributed by atoms with Gasteiger partial charge in [-0.2, -0.15) is 0 Å². The van der Waals surface area contributed by atoms with Gasteiger partial charge in [0.25, 0.3) is 0 Å². The molecular weight excluding hydrogens is 593 g/mol. The van der Waals surface area contributed by atoms with E-state index in [1.165, 1.54) is 134 Å². The molecule has 264 valence electrons. The lowest BCUT2D eigenvalue weighted by atomic mass is 10.1. The number of hydrogen-bond acceptors (Lipinski definition) is 3. The fourth-order valence-corrected chi connectivity index (χ4v) is 6.37. The van der Waals surface area contributed by atoms with Crippen molar-refractivity contribution < 1.29 is 9.47 Å². The zero-order valence-electron chi connectivity index (χ0n) is 30.8. The molecule has 0 bridgehead atoms. The number of aryl methyl sites for hydroxylation is 1. The van der Waals surface area contributed by atoms with Crippen LogP contribution in [-0.2, 0) is 6.42 Å². The highest BCUT2D eigenvalue weighted by Gasteiger charge is 2.05. The van der Waals surface area contributed by atoms with Crippen LogP contribution in [-0.4, -0.2) is 18.1 Å². The topological polar surface area (TPSA) is 18.5 Å². The minimum Gasteiger partial charge on any atom is -0.493 e. The Hall–Kier alpha value is -2.13. The highest BCUT2D eigenvalue weighted by Crippen LogP contribution is 2.25. The van der Waals surface area contributed by atoms with Crippen LogP contribution in [0.5, 0.6) is 11.5 Å². The molecule has 2 aromatic rings. The third-order valence-corrected chi connectivity index (χ3v) is 9.51. The molecule has 0 aliphatic carbocycles. The van der Waals surface area contributed by atoms with Crippen LogP contribution in [0, 0.1) is 0 Å². The molecule has 3 heteroatoms. The van der Waals surface area contributed by atoms with Gasteiger partial charge in [0.15, 0.2) is 0 Å². The van der Waals surface area contributed by atoms with E-state index in [-0.39, 0.29) is 0 Å². The largest absolute Gasteiger partial charge is 0.493 e.